The largest absolute Gasteiger partial charge is 0.373 e. The number of piperidine rings is 1. The monoisotopic (exact) mass is 303 g/mol. The molecule has 0 aromatic heterocycles. The molecule has 1 N–H and O–H groups in total. The molecule has 5 heteroatoms. The molecule has 2 nitrogen and oxygen atoms in total. The molecular weight excluding hydrogens is 284 g/mol. The van der Waals surface area contributed by atoms with Crippen LogP contribution in [0.3, 0.4) is 0 Å². The Morgan fingerprint density at radius 1 is 1.15 bits per heavy atom. The van der Waals surface area contributed by atoms with Crippen LogP contribution in [0.1, 0.15) is 43.2 Å². The second-order valence-electron chi connectivity index (χ2n) is 5.54. The number of nitrogens with one attached hydrogen (secondary N) is 1. The van der Waals surface area contributed by atoms with E-state index in [4.69, 9.17) is 4.74 Å². The van der Waals surface area contributed by atoms with Crippen molar-refractivity contribution in [2.45, 2.75) is 56.9 Å². The predicted octanol–water partition coefficient (Wildman–Crippen LogP) is 3.85. The molecule has 2 bridgehead atoms. The topological polar surface area (TPSA) is 21.3 Å². The first kappa shape index (κ1) is 15.7. The Morgan fingerprint density at radius 3 is 2.45 bits per heavy atom. The van der Waals surface area contributed by atoms with Gasteiger partial charge in [-0.05, 0) is 31.2 Å². The van der Waals surface area contributed by atoms with E-state index in [1.54, 1.807) is 18.2 Å². The fourth-order valence-corrected chi connectivity index (χ4v) is 3.23. The van der Waals surface area contributed by atoms with Crippen molar-refractivity contribution < 1.29 is 13.5 Å². The van der Waals surface area contributed by atoms with Gasteiger partial charge in [-0.2, -0.15) is 0 Å². The van der Waals surface area contributed by atoms with Gasteiger partial charge in [0, 0.05) is 17.6 Å². The number of hydrogen-bond donors (Lipinski definition) is 1. The summed E-state index contributed by atoms with van der Waals surface area (Å²) in [4.78, 5) is 0. The molecule has 3 atom stereocenters. The lowest BCUT2D eigenvalue weighted by molar-refractivity contribution is 0.00761. The summed E-state index contributed by atoms with van der Waals surface area (Å²) in [5.74, 6) is 0. The number of hydrogen-bond acceptors (Lipinski definition) is 2. The quantitative estimate of drug-likeness (QED) is 0.912. The summed E-state index contributed by atoms with van der Waals surface area (Å²) in [7, 11) is 0. The van der Waals surface area contributed by atoms with Gasteiger partial charge in [-0.3, -0.25) is 0 Å². The molecule has 2 heterocycles. The average Bonchev–Trinajstić information content (AvgIpc) is 2.76. The molecule has 3 rings (SSSR count). The Bertz CT molecular complexity index is 432. The first-order valence-corrected chi connectivity index (χ1v) is 6.96. The minimum Gasteiger partial charge on any atom is -0.373 e. The smallest absolute Gasteiger partial charge is 0.264 e. The van der Waals surface area contributed by atoms with Crippen LogP contribution < -0.4 is 5.32 Å². The van der Waals surface area contributed by atoms with Crippen molar-refractivity contribution in [3.8, 4) is 0 Å². The van der Waals surface area contributed by atoms with Crippen LogP contribution in [0.2, 0.25) is 0 Å². The maximum Gasteiger partial charge on any atom is 0.264 e. The molecule has 2 saturated heterocycles. The highest BCUT2D eigenvalue weighted by Gasteiger charge is 2.33. The average molecular weight is 304 g/mol. The summed E-state index contributed by atoms with van der Waals surface area (Å²) in [6.45, 7) is 0.296. The lowest BCUT2D eigenvalue weighted by Crippen LogP contribution is -2.41. The highest BCUT2D eigenvalue weighted by molar-refractivity contribution is 5.85. The fraction of sp³-hybridized carbons (Fsp3) is 0.600. The molecule has 0 spiro atoms. The van der Waals surface area contributed by atoms with Crippen LogP contribution in [0.4, 0.5) is 8.78 Å². The minimum atomic E-state index is -2.43. The molecule has 0 amide bonds. The van der Waals surface area contributed by atoms with Crippen LogP contribution in [0.25, 0.3) is 0 Å². The van der Waals surface area contributed by atoms with Crippen LogP contribution in [-0.2, 0) is 11.3 Å². The van der Waals surface area contributed by atoms with Crippen molar-refractivity contribution in [2.75, 3.05) is 0 Å². The van der Waals surface area contributed by atoms with E-state index in [0.717, 1.165) is 12.8 Å². The first-order valence-electron chi connectivity index (χ1n) is 6.96. The summed E-state index contributed by atoms with van der Waals surface area (Å²) >= 11 is 0. The Hall–Kier alpha value is -0.710. The van der Waals surface area contributed by atoms with Crippen molar-refractivity contribution >= 4 is 12.4 Å². The number of halogens is 3. The summed E-state index contributed by atoms with van der Waals surface area (Å²) in [6, 6.07) is 7.78. The summed E-state index contributed by atoms with van der Waals surface area (Å²) in [5, 5.41) is 3.55. The lowest BCUT2D eigenvalue weighted by atomic mass is 10.0. The van der Waals surface area contributed by atoms with Crippen LogP contribution in [0.5, 0.6) is 0 Å². The summed E-state index contributed by atoms with van der Waals surface area (Å²) in [6.07, 6.45) is 2.24. The number of benzene rings is 1. The van der Waals surface area contributed by atoms with E-state index in [1.807, 2.05) is 0 Å². The van der Waals surface area contributed by atoms with Gasteiger partial charge in [0.1, 0.15) is 0 Å². The maximum absolute atomic E-state index is 12.9. The van der Waals surface area contributed by atoms with E-state index in [-0.39, 0.29) is 24.1 Å². The Labute approximate surface area is 124 Å². The number of fused-ring (bicyclic) bond motifs is 2. The third-order valence-electron chi connectivity index (χ3n) is 4.19. The van der Waals surface area contributed by atoms with Gasteiger partial charge >= 0.3 is 0 Å². The maximum atomic E-state index is 12.9. The minimum absolute atomic E-state index is 0. The molecule has 2 aliphatic heterocycles. The molecule has 2 fully saturated rings. The highest BCUT2D eigenvalue weighted by Crippen LogP contribution is 2.30. The van der Waals surface area contributed by atoms with Gasteiger partial charge in [-0.25, -0.2) is 8.78 Å². The zero-order chi connectivity index (χ0) is 13.2. The van der Waals surface area contributed by atoms with E-state index in [0.29, 0.717) is 24.3 Å². The molecule has 20 heavy (non-hydrogen) atoms. The SMILES string of the molecule is Cl.FC(F)c1ccccc1COC1C[C@H]2CC[C@@H](C1)N2. The number of ether oxygens (including phenoxy) is 1. The van der Waals surface area contributed by atoms with Crippen molar-refractivity contribution in [1.82, 2.24) is 5.32 Å². The molecule has 2 aliphatic rings. The Balaban J connectivity index is 0.00000147. The van der Waals surface area contributed by atoms with E-state index >= 15 is 0 Å². The summed E-state index contributed by atoms with van der Waals surface area (Å²) < 4.78 is 31.6. The van der Waals surface area contributed by atoms with E-state index in [9.17, 15) is 8.78 Å². The van der Waals surface area contributed by atoms with Crippen LogP contribution in [-0.4, -0.2) is 18.2 Å². The molecule has 112 valence electrons. The Morgan fingerprint density at radius 2 is 1.80 bits per heavy atom. The van der Waals surface area contributed by atoms with Crippen LogP contribution >= 0.6 is 12.4 Å². The molecule has 1 aromatic rings. The lowest BCUT2D eigenvalue weighted by Gasteiger charge is -2.29. The third-order valence-corrected chi connectivity index (χ3v) is 4.19. The van der Waals surface area contributed by atoms with Gasteiger partial charge in [-0.15, -0.1) is 12.4 Å². The highest BCUT2D eigenvalue weighted by atomic mass is 35.5. The fourth-order valence-electron chi connectivity index (χ4n) is 3.23. The van der Waals surface area contributed by atoms with Crippen LogP contribution in [0.15, 0.2) is 24.3 Å². The van der Waals surface area contributed by atoms with Gasteiger partial charge in [-0.1, -0.05) is 24.3 Å². The molecule has 1 aromatic carbocycles. The van der Waals surface area contributed by atoms with Gasteiger partial charge in [0.25, 0.3) is 6.43 Å². The first-order chi connectivity index (χ1) is 9.22. The number of alkyl halides is 2. The third kappa shape index (κ3) is 3.48. The van der Waals surface area contributed by atoms with Gasteiger partial charge in [0.05, 0.1) is 12.7 Å². The van der Waals surface area contributed by atoms with Crippen molar-refractivity contribution in [1.29, 1.82) is 0 Å². The van der Waals surface area contributed by atoms with E-state index in [2.05, 4.69) is 5.32 Å². The van der Waals surface area contributed by atoms with E-state index < -0.39 is 6.43 Å². The van der Waals surface area contributed by atoms with Crippen LogP contribution in [0, 0.1) is 0 Å². The second-order valence-corrected chi connectivity index (χ2v) is 5.54. The van der Waals surface area contributed by atoms with Gasteiger partial charge in [0.2, 0.25) is 0 Å². The standard InChI is InChI=1S/C15H19F2NO.ClH/c16-15(17)14-4-2-1-3-10(14)9-19-13-7-11-5-6-12(8-13)18-11;/h1-4,11-13,15,18H,5-9H2;1H/t11-,12+,13?;. The van der Waals surface area contributed by atoms with Crippen molar-refractivity contribution in [3.63, 3.8) is 0 Å². The summed E-state index contributed by atoms with van der Waals surface area (Å²) in [5.41, 5.74) is 0.711. The molecule has 1 unspecified atom stereocenters. The molecule has 0 aliphatic carbocycles. The molecular formula is C15H20ClF2NO. The van der Waals surface area contributed by atoms with Crippen molar-refractivity contribution in [2.24, 2.45) is 0 Å². The second kappa shape index (κ2) is 6.83. The zero-order valence-electron chi connectivity index (χ0n) is 11.2. The molecule has 0 saturated carbocycles. The zero-order valence-corrected chi connectivity index (χ0v) is 12.0. The van der Waals surface area contributed by atoms with Gasteiger partial charge in [0.15, 0.2) is 0 Å². The predicted molar refractivity (Wildman–Crippen MR) is 76.4 cm³/mol. The van der Waals surface area contributed by atoms with Gasteiger partial charge < -0.3 is 10.1 Å². The number of rotatable bonds is 4. The van der Waals surface area contributed by atoms with Crippen molar-refractivity contribution in [3.05, 3.63) is 35.4 Å². The molecule has 0 radical (unpaired) electrons. The van der Waals surface area contributed by atoms with E-state index in [1.165, 1.54) is 18.9 Å². The Kier molecular flexibility index (Phi) is 5.35. The normalized spacial score (nSPS) is 28.4.